The molecule has 236 valence electrons. The molecule has 0 aliphatic carbocycles. The highest BCUT2D eigenvalue weighted by Gasteiger charge is 2.35. The van der Waals surface area contributed by atoms with E-state index in [4.69, 9.17) is 14.2 Å². The van der Waals surface area contributed by atoms with Crippen LogP contribution in [-0.4, -0.2) is 66.6 Å². The molecule has 0 unspecified atom stereocenters. The van der Waals surface area contributed by atoms with Crippen LogP contribution in [0.3, 0.4) is 0 Å². The lowest BCUT2D eigenvalue weighted by molar-refractivity contribution is -0.123. The molecule has 0 spiro atoms. The maximum absolute atomic E-state index is 13.8. The summed E-state index contributed by atoms with van der Waals surface area (Å²) < 4.78 is 17.8. The van der Waals surface area contributed by atoms with Crippen LogP contribution in [0.15, 0.2) is 83.7 Å². The van der Waals surface area contributed by atoms with E-state index in [-0.39, 0.29) is 42.0 Å². The molecule has 7 rings (SSSR count). The summed E-state index contributed by atoms with van der Waals surface area (Å²) in [5, 5.41) is 5.98. The van der Waals surface area contributed by atoms with Crippen molar-refractivity contribution in [3.05, 3.63) is 112 Å². The molecule has 0 radical (unpaired) electrons. The van der Waals surface area contributed by atoms with Crippen LogP contribution < -0.4 is 30.4 Å². The summed E-state index contributed by atoms with van der Waals surface area (Å²) in [6, 6.07) is 22.0. The SMILES string of the molecule is COc1ccc2cc1-c1cccc(c1)OCC(=O)NCc1ccc(cc1)O[C@@H]1CCN(C(=O)c3cc(C)[nH]c(=O)c3)C[C@H]1NC2=O. The maximum Gasteiger partial charge on any atom is 0.258 e. The van der Waals surface area contributed by atoms with Crippen molar-refractivity contribution in [1.82, 2.24) is 20.5 Å². The number of aromatic nitrogens is 1. The second-order valence-corrected chi connectivity index (χ2v) is 11.3. The number of hydrogen-bond acceptors (Lipinski definition) is 7. The summed E-state index contributed by atoms with van der Waals surface area (Å²) in [7, 11) is 1.55. The zero-order valence-electron chi connectivity index (χ0n) is 25.5. The number of aryl methyl sites for hydroxylation is 1. The van der Waals surface area contributed by atoms with E-state index in [1.807, 2.05) is 30.3 Å². The first-order valence-corrected chi connectivity index (χ1v) is 15.0. The number of carbonyl (C=O) groups is 3. The molecule has 2 atom stereocenters. The van der Waals surface area contributed by atoms with Crippen LogP contribution in [0.4, 0.5) is 0 Å². The smallest absolute Gasteiger partial charge is 0.258 e. The van der Waals surface area contributed by atoms with Gasteiger partial charge in [-0.25, -0.2) is 0 Å². The number of rotatable bonds is 2. The first-order chi connectivity index (χ1) is 22.2. The zero-order valence-corrected chi connectivity index (χ0v) is 25.5. The highest BCUT2D eigenvalue weighted by Crippen LogP contribution is 2.33. The van der Waals surface area contributed by atoms with Crippen LogP contribution in [-0.2, 0) is 11.3 Å². The Morgan fingerprint density at radius 1 is 0.935 bits per heavy atom. The number of amides is 3. The average molecular weight is 623 g/mol. The minimum atomic E-state index is -0.569. The van der Waals surface area contributed by atoms with Gasteiger partial charge in [0.1, 0.15) is 23.4 Å². The summed E-state index contributed by atoms with van der Waals surface area (Å²) in [5.41, 5.74) is 3.17. The Balaban J connectivity index is 1.34. The maximum atomic E-state index is 13.8. The number of nitrogens with one attached hydrogen (secondary N) is 3. The largest absolute Gasteiger partial charge is 0.496 e. The predicted octanol–water partition coefficient (Wildman–Crippen LogP) is 3.46. The third-order valence-electron chi connectivity index (χ3n) is 8.06. The lowest BCUT2D eigenvalue weighted by Gasteiger charge is -2.39. The van der Waals surface area contributed by atoms with Gasteiger partial charge in [-0.1, -0.05) is 24.3 Å². The van der Waals surface area contributed by atoms with E-state index in [9.17, 15) is 19.2 Å². The van der Waals surface area contributed by atoms with E-state index in [0.717, 1.165) is 11.1 Å². The number of fused-ring (bicyclic) bond motifs is 7. The van der Waals surface area contributed by atoms with Crippen molar-refractivity contribution in [1.29, 1.82) is 0 Å². The van der Waals surface area contributed by atoms with Gasteiger partial charge in [-0.15, -0.1) is 0 Å². The monoisotopic (exact) mass is 622 g/mol. The molecular weight excluding hydrogens is 588 g/mol. The van der Waals surface area contributed by atoms with Gasteiger partial charge in [0.2, 0.25) is 5.56 Å². The van der Waals surface area contributed by atoms with Crippen LogP contribution >= 0.6 is 0 Å². The summed E-state index contributed by atoms with van der Waals surface area (Å²) in [6.07, 6.45) is -0.00579. The number of aromatic amines is 1. The van der Waals surface area contributed by atoms with Gasteiger partial charge < -0.3 is 34.7 Å². The van der Waals surface area contributed by atoms with Gasteiger partial charge in [-0.3, -0.25) is 19.2 Å². The molecule has 1 saturated heterocycles. The molecule has 3 amide bonds. The van der Waals surface area contributed by atoms with Crippen molar-refractivity contribution in [3.63, 3.8) is 0 Å². The highest BCUT2D eigenvalue weighted by atomic mass is 16.5. The second kappa shape index (κ2) is 13.2. The Kier molecular flexibility index (Phi) is 8.73. The van der Waals surface area contributed by atoms with Crippen LogP contribution in [0.1, 0.15) is 38.4 Å². The van der Waals surface area contributed by atoms with Crippen LogP contribution in [0.2, 0.25) is 0 Å². The Labute approximate surface area is 265 Å². The number of benzene rings is 3. The van der Waals surface area contributed by atoms with Crippen molar-refractivity contribution in [2.45, 2.75) is 32.0 Å². The number of ether oxygens (including phenoxy) is 3. The van der Waals surface area contributed by atoms with Gasteiger partial charge >= 0.3 is 0 Å². The van der Waals surface area contributed by atoms with Gasteiger partial charge in [0.25, 0.3) is 17.7 Å². The van der Waals surface area contributed by atoms with Crippen LogP contribution in [0.5, 0.6) is 17.2 Å². The Morgan fingerprint density at radius 3 is 2.54 bits per heavy atom. The lowest BCUT2D eigenvalue weighted by atomic mass is 9.98. The van der Waals surface area contributed by atoms with E-state index >= 15 is 0 Å². The molecular formula is C35H34N4O7. The Bertz CT molecular complexity index is 1840. The van der Waals surface area contributed by atoms with Crippen molar-refractivity contribution in [3.8, 4) is 28.4 Å². The molecule has 11 nitrogen and oxygen atoms in total. The molecule has 46 heavy (non-hydrogen) atoms. The van der Waals surface area contributed by atoms with Gasteiger partial charge in [-0.2, -0.15) is 0 Å². The first kappa shape index (κ1) is 30.4. The molecule has 11 heteroatoms. The van der Waals surface area contributed by atoms with Crippen molar-refractivity contribution in [2.24, 2.45) is 0 Å². The quantitative estimate of drug-likeness (QED) is 0.311. The van der Waals surface area contributed by atoms with Gasteiger partial charge in [0.05, 0.1) is 13.2 Å². The molecule has 1 fully saturated rings. The Hall–Kier alpha value is -5.58. The van der Waals surface area contributed by atoms with Gasteiger partial charge in [0, 0.05) is 54.5 Å². The van der Waals surface area contributed by atoms with E-state index in [0.29, 0.717) is 53.6 Å². The zero-order chi connectivity index (χ0) is 32.2. The van der Waals surface area contributed by atoms with E-state index in [2.05, 4.69) is 15.6 Å². The molecule has 0 saturated carbocycles. The number of piperidine rings is 1. The Morgan fingerprint density at radius 2 is 1.76 bits per heavy atom. The molecule has 6 bridgehead atoms. The van der Waals surface area contributed by atoms with Crippen molar-refractivity contribution >= 4 is 17.7 Å². The number of carbonyl (C=O) groups excluding carboxylic acids is 3. The number of H-pyrrole nitrogens is 1. The number of nitrogens with zero attached hydrogens (tertiary/aromatic N) is 1. The standard InChI is InChI=1S/C35H34N4O7/c1-21-14-25(17-32(40)37-21)35(43)39-13-12-31-29(19-39)38-34(42)24-8-11-30(44-2)28(16-24)23-4-3-5-27(15-23)45-20-33(41)36-18-22-6-9-26(46-31)10-7-22/h3-11,14-17,29,31H,12-13,18-20H2,1-2H3,(H,36,41)(H,37,40)(H,38,42)/t29-,31-/m1/s1. The highest BCUT2D eigenvalue weighted by molar-refractivity contribution is 5.97. The second-order valence-electron chi connectivity index (χ2n) is 11.3. The van der Waals surface area contributed by atoms with Crippen molar-refractivity contribution in [2.75, 3.05) is 26.8 Å². The third-order valence-corrected chi connectivity index (χ3v) is 8.06. The van der Waals surface area contributed by atoms with Gasteiger partial charge in [0.15, 0.2) is 6.61 Å². The topological polar surface area (TPSA) is 139 Å². The summed E-state index contributed by atoms with van der Waals surface area (Å²) >= 11 is 0. The average Bonchev–Trinajstić information content (AvgIpc) is 3.06. The minimum Gasteiger partial charge on any atom is -0.496 e. The number of methoxy groups -OCH3 is 1. The predicted molar refractivity (Wildman–Crippen MR) is 170 cm³/mol. The molecule has 3 aliphatic heterocycles. The molecule has 3 N–H and O–H groups in total. The molecule has 4 aromatic rings. The van der Waals surface area contributed by atoms with Crippen LogP contribution in [0, 0.1) is 6.92 Å². The van der Waals surface area contributed by atoms with Crippen molar-refractivity contribution < 1.29 is 28.6 Å². The number of pyridine rings is 1. The number of likely N-dealkylation sites (tertiary alicyclic amines) is 1. The minimum absolute atomic E-state index is 0.160. The normalized spacial score (nSPS) is 18.3. The van der Waals surface area contributed by atoms with Gasteiger partial charge in [-0.05, 0) is 66.6 Å². The van der Waals surface area contributed by atoms with E-state index < -0.39 is 12.1 Å². The fourth-order valence-corrected chi connectivity index (χ4v) is 5.72. The summed E-state index contributed by atoms with van der Waals surface area (Å²) in [5.74, 6) is 0.723. The first-order valence-electron chi connectivity index (χ1n) is 15.0. The summed E-state index contributed by atoms with van der Waals surface area (Å²) in [4.78, 5) is 56.2. The summed E-state index contributed by atoms with van der Waals surface area (Å²) in [6.45, 7) is 2.42. The third kappa shape index (κ3) is 6.88. The van der Waals surface area contributed by atoms with E-state index in [1.165, 1.54) is 6.07 Å². The fraction of sp³-hybridized carbons (Fsp3) is 0.257. The fourth-order valence-electron chi connectivity index (χ4n) is 5.72. The lowest BCUT2D eigenvalue weighted by Crippen LogP contribution is -2.58. The molecule has 3 aromatic carbocycles. The van der Waals surface area contributed by atoms with E-state index in [1.54, 1.807) is 61.4 Å². The number of hydrogen-bond donors (Lipinski definition) is 3. The molecule has 4 heterocycles. The van der Waals surface area contributed by atoms with Crippen LogP contribution in [0.25, 0.3) is 11.1 Å². The molecule has 3 aliphatic rings. The molecule has 1 aromatic heterocycles.